The first kappa shape index (κ1) is 23.5. The summed E-state index contributed by atoms with van der Waals surface area (Å²) in [6, 6.07) is 0. The molecule has 0 aromatic rings. The van der Waals surface area contributed by atoms with Crippen LogP contribution in [0.15, 0.2) is 24.3 Å². The number of fused-ring (bicyclic) bond motifs is 1. The molecule has 6 heteroatoms. The molecule has 6 nitrogen and oxygen atoms in total. The van der Waals surface area contributed by atoms with E-state index in [0.29, 0.717) is 18.3 Å². The predicted molar refractivity (Wildman–Crippen MR) is 123 cm³/mol. The third-order valence-electron chi connectivity index (χ3n) is 8.23. The van der Waals surface area contributed by atoms with Crippen LogP contribution in [0.2, 0.25) is 0 Å². The van der Waals surface area contributed by atoms with Gasteiger partial charge in [-0.3, -0.25) is 4.79 Å². The zero-order valence-corrected chi connectivity index (χ0v) is 19.9. The van der Waals surface area contributed by atoms with E-state index in [4.69, 9.17) is 23.7 Å². The second-order valence-corrected chi connectivity index (χ2v) is 10.5. The van der Waals surface area contributed by atoms with Gasteiger partial charge in [0.05, 0.1) is 18.6 Å². The van der Waals surface area contributed by atoms with Crippen LogP contribution in [0.1, 0.15) is 71.1 Å². The van der Waals surface area contributed by atoms with E-state index in [0.717, 1.165) is 64.6 Å². The summed E-state index contributed by atoms with van der Waals surface area (Å²) in [6.07, 6.45) is 18.8. The van der Waals surface area contributed by atoms with E-state index in [1.165, 1.54) is 6.42 Å². The Kier molecular flexibility index (Phi) is 7.86. The number of carbonyl (C=O) groups excluding carboxylic acids is 1. The van der Waals surface area contributed by atoms with Crippen molar-refractivity contribution < 1.29 is 28.5 Å². The molecule has 33 heavy (non-hydrogen) atoms. The van der Waals surface area contributed by atoms with Crippen molar-refractivity contribution in [3.8, 4) is 0 Å². The minimum Gasteiger partial charge on any atom is -0.462 e. The number of allylic oxidation sites excluding steroid dienone is 2. The van der Waals surface area contributed by atoms with Gasteiger partial charge in [-0.2, -0.15) is 0 Å². The molecule has 4 unspecified atom stereocenters. The summed E-state index contributed by atoms with van der Waals surface area (Å²) in [5, 5.41) is 0. The number of carbonyl (C=O) groups is 1. The molecule has 3 saturated heterocycles. The average Bonchev–Trinajstić information content (AvgIpc) is 3.55. The van der Waals surface area contributed by atoms with Gasteiger partial charge in [-0.1, -0.05) is 31.2 Å². The van der Waals surface area contributed by atoms with Gasteiger partial charge in [-0.05, 0) is 63.2 Å². The van der Waals surface area contributed by atoms with Crippen molar-refractivity contribution in [2.75, 3.05) is 13.2 Å². The summed E-state index contributed by atoms with van der Waals surface area (Å²) < 4.78 is 30.4. The van der Waals surface area contributed by atoms with Crippen LogP contribution in [0, 0.1) is 23.7 Å². The summed E-state index contributed by atoms with van der Waals surface area (Å²) in [6.45, 7) is 3.84. The van der Waals surface area contributed by atoms with E-state index in [2.05, 4.69) is 31.2 Å². The van der Waals surface area contributed by atoms with Gasteiger partial charge in [0.1, 0.15) is 6.10 Å². The van der Waals surface area contributed by atoms with Gasteiger partial charge in [0, 0.05) is 31.5 Å². The van der Waals surface area contributed by atoms with Gasteiger partial charge in [0.15, 0.2) is 12.6 Å². The fraction of sp³-hybridized carbons (Fsp3) is 0.815. The van der Waals surface area contributed by atoms with Crippen LogP contribution in [-0.4, -0.2) is 50.1 Å². The van der Waals surface area contributed by atoms with Crippen LogP contribution in [0.4, 0.5) is 0 Å². The molecular weight excluding hydrogens is 420 g/mol. The zero-order chi connectivity index (χ0) is 22.6. The highest BCUT2D eigenvalue weighted by molar-refractivity contribution is 5.72. The van der Waals surface area contributed by atoms with Crippen LogP contribution < -0.4 is 0 Å². The molecule has 0 N–H and O–H groups in total. The molecule has 0 amide bonds. The molecule has 4 fully saturated rings. The number of ether oxygens (including phenoxy) is 5. The van der Waals surface area contributed by atoms with E-state index >= 15 is 0 Å². The minimum absolute atomic E-state index is 0.0145. The van der Waals surface area contributed by atoms with E-state index < -0.39 is 0 Å². The van der Waals surface area contributed by atoms with Crippen LogP contribution in [-0.2, 0) is 28.5 Å². The van der Waals surface area contributed by atoms with Crippen molar-refractivity contribution >= 4 is 5.97 Å². The SMILES string of the molecule is CC(C1C=CCC1)[C@H](C=C[C@@H]1[C@H]2CC(=O)O[C@H]2C[C@H]1OC1CCCCO1)OC1CCCCO1. The molecule has 1 saturated carbocycles. The van der Waals surface area contributed by atoms with Gasteiger partial charge in [-0.15, -0.1) is 0 Å². The van der Waals surface area contributed by atoms with Crippen molar-refractivity contribution in [2.45, 2.75) is 102 Å². The Balaban J connectivity index is 1.31. The van der Waals surface area contributed by atoms with E-state index in [-0.39, 0.29) is 48.7 Å². The van der Waals surface area contributed by atoms with Gasteiger partial charge in [0.2, 0.25) is 0 Å². The highest BCUT2D eigenvalue weighted by atomic mass is 16.7. The van der Waals surface area contributed by atoms with E-state index in [1.54, 1.807) is 0 Å². The summed E-state index contributed by atoms with van der Waals surface area (Å²) in [7, 11) is 0. The Morgan fingerprint density at radius 1 is 1.06 bits per heavy atom. The standard InChI is InChI=1S/C27H40O6/c1-18(19-8-2-3-9-19)22(32-26-10-4-6-14-29-26)13-12-20-21-16-25(28)31-24(21)17-23(20)33-27-11-5-7-15-30-27/h2,8,12-13,18-24,26-27H,3-7,9-11,14-17H2,1H3/t18?,19?,20-,21-,22+,23-,24+,26?,27?/m1/s1. The van der Waals surface area contributed by atoms with Crippen molar-refractivity contribution in [1.29, 1.82) is 0 Å². The average molecular weight is 461 g/mol. The summed E-state index contributed by atoms with van der Waals surface area (Å²) in [4.78, 5) is 12.0. The third kappa shape index (κ3) is 5.72. The zero-order valence-electron chi connectivity index (χ0n) is 19.9. The minimum atomic E-state index is -0.139. The van der Waals surface area contributed by atoms with Crippen LogP contribution >= 0.6 is 0 Å². The Hall–Kier alpha value is -1.21. The van der Waals surface area contributed by atoms with Crippen LogP contribution in [0.3, 0.4) is 0 Å². The Bertz CT molecular complexity index is 707. The molecule has 3 aliphatic heterocycles. The number of rotatable bonds is 8. The maximum Gasteiger partial charge on any atom is 0.306 e. The number of hydrogen-bond acceptors (Lipinski definition) is 6. The van der Waals surface area contributed by atoms with Crippen LogP contribution in [0.5, 0.6) is 0 Å². The fourth-order valence-corrected chi connectivity index (χ4v) is 6.24. The molecular formula is C27H40O6. The van der Waals surface area contributed by atoms with Crippen molar-refractivity contribution in [3.05, 3.63) is 24.3 Å². The summed E-state index contributed by atoms with van der Waals surface area (Å²) >= 11 is 0. The van der Waals surface area contributed by atoms with Crippen molar-refractivity contribution in [1.82, 2.24) is 0 Å². The normalized spacial score (nSPS) is 40.8. The predicted octanol–water partition coefficient (Wildman–Crippen LogP) is 4.92. The van der Waals surface area contributed by atoms with Gasteiger partial charge < -0.3 is 23.7 Å². The Labute approximate surface area is 198 Å². The topological polar surface area (TPSA) is 63.2 Å². The monoisotopic (exact) mass is 460 g/mol. The second-order valence-electron chi connectivity index (χ2n) is 10.5. The molecule has 184 valence electrons. The highest BCUT2D eigenvalue weighted by Gasteiger charge is 2.50. The first-order valence-corrected chi connectivity index (χ1v) is 13.3. The molecule has 5 rings (SSSR count). The summed E-state index contributed by atoms with van der Waals surface area (Å²) in [5.41, 5.74) is 0. The molecule has 5 aliphatic rings. The van der Waals surface area contributed by atoms with E-state index in [1.807, 2.05) is 0 Å². The summed E-state index contributed by atoms with van der Waals surface area (Å²) in [5.74, 6) is 1.12. The number of hydrogen-bond donors (Lipinski definition) is 0. The molecule has 0 aromatic heterocycles. The Morgan fingerprint density at radius 3 is 2.55 bits per heavy atom. The Morgan fingerprint density at radius 2 is 1.85 bits per heavy atom. The lowest BCUT2D eigenvalue weighted by atomic mass is 9.86. The fourth-order valence-electron chi connectivity index (χ4n) is 6.24. The first-order valence-electron chi connectivity index (χ1n) is 13.3. The molecule has 3 heterocycles. The smallest absolute Gasteiger partial charge is 0.306 e. The lowest BCUT2D eigenvalue weighted by molar-refractivity contribution is -0.194. The van der Waals surface area contributed by atoms with Gasteiger partial charge in [-0.25, -0.2) is 0 Å². The quantitative estimate of drug-likeness (QED) is 0.378. The van der Waals surface area contributed by atoms with Crippen molar-refractivity contribution in [3.63, 3.8) is 0 Å². The highest BCUT2D eigenvalue weighted by Crippen LogP contribution is 2.44. The lowest BCUT2D eigenvalue weighted by Crippen LogP contribution is -2.34. The molecule has 2 aliphatic carbocycles. The molecule has 0 aromatic carbocycles. The lowest BCUT2D eigenvalue weighted by Gasteiger charge is -2.32. The van der Waals surface area contributed by atoms with Crippen LogP contribution in [0.25, 0.3) is 0 Å². The van der Waals surface area contributed by atoms with Gasteiger partial charge >= 0.3 is 5.97 Å². The first-order chi connectivity index (χ1) is 16.2. The molecule has 9 atom stereocenters. The third-order valence-corrected chi connectivity index (χ3v) is 8.23. The van der Waals surface area contributed by atoms with Crippen molar-refractivity contribution in [2.24, 2.45) is 23.7 Å². The molecule has 0 radical (unpaired) electrons. The van der Waals surface area contributed by atoms with E-state index in [9.17, 15) is 4.79 Å². The molecule has 0 bridgehead atoms. The largest absolute Gasteiger partial charge is 0.462 e. The second kappa shape index (κ2) is 11.0. The maximum absolute atomic E-state index is 12.0. The van der Waals surface area contributed by atoms with Gasteiger partial charge in [0.25, 0.3) is 0 Å². The number of esters is 1. The maximum atomic E-state index is 12.0. The molecule has 0 spiro atoms.